The minimum atomic E-state index is -0.136. The largest absolute Gasteiger partial charge is 0.494 e. The van der Waals surface area contributed by atoms with Crippen LogP contribution in [-0.4, -0.2) is 88.8 Å². The van der Waals surface area contributed by atoms with Gasteiger partial charge in [-0.15, -0.1) is 0 Å². The first-order valence-corrected chi connectivity index (χ1v) is 13.6. The van der Waals surface area contributed by atoms with Crippen LogP contribution >= 0.6 is 0 Å². The highest BCUT2D eigenvalue weighted by molar-refractivity contribution is 5.94. The van der Waals surface area contributed by atoms with Gasteiger partial charge in [0.1, 0.15) is 11.4 Å². The van der Waals surface area contributed by atoms with Crippen molar-refractivity contribution in [2.24, 2.45) is 11.3 Å². The number of piperidine rings is 1. The standard InChI is InChI=1S/C29H39N5O4/c1-22(2)26(35)34-16-10-29(11-17-34)9-5-14-33(28(37)25-20-30-12-13-31-25)15-6-18-38-24-8-4-7-23(19-24)27(36)32(3)21-29/h4,7-8,12-13,19-20,22H,5-6,9-11,14-18,21H2,1-3H3. The molecule has 1 fully saturated rings. The summed E-state index contributed by atoms with van der Waals surface area (Å²) in [5, 5.41) is 0. The molecule has 0 aliphatic carbocycles. The molecule has 4 rings (SSSR count). The first-order chi connectivity index (χ1) is 18.3. The monoisotopic (exact) mass is 521 g/mol. The number of likely N-dealkylation sites (tertiary alicyclic amines) is 1. The molecular weight excluding hydrogens is 482 g/mol. The minimum Gasteiger partial charge on any atom is -0.494 e. The maximum atomic E-state index is 13.4. The number of benzene rings is 1. The van der Waals surface area contributed by atoms with Crippen molar-refractivity contribution in [1.29, 1.82) is 0 Å². The number of amides is 3. The Bertz CT molecular complexity index is 1110. The quantitative estimate of drug-likeness (QED) is 0.600. The lowest BCUT2D eigenvalue weighted by molar-refractivity contribution is -0.137. The highest BCUT2D eigenvalue weighted by Crippen LogP contribution is 2.38. The van der Waals surface area contributed by atoms with Gasteiger partial charge in [-0.05, 0) is 55.7 Å². The summed E-state index contributed by atoms with van der Waals surface area (Å²) in [6.45, 7) is 7.39. The van der Waals surface area contributed by atoms with Crippen molar-refractivity contribution >= 4 is 17.7 Å². The third-order valence-electron chi connectivity index (χ3n) is 7.68. The van der Waals surface area contributed by atoms with Gasteiger partial charge >= 0.3 is 0 Å². The number of rotatable bonds is 2. The fourth-order valence-electron chi connectivity index (χ4n) is 5.54. The van der Waals surface area contributed by atoms with Gasteiger partial charge in [-0.1, -0.05) is 19.9 Å². The van der Waals surface area contributed by atoms with E-state index in [1.54, 1.807) is 17.2 Å². The van der Waals surface area contributed by atoms with Crippen LogP contribution in [0.2, 0.25) is 0 Å². The molecule has 2 aliphatic rings. The summed E-state index contributed by atoms with van der Waals surface area (Å²) in [6.07, 6.45) is 8.54. The molecule has 0 atom stereocenters. The fraction of sp³-hybridized carbons (Fsp3) is 0.552. The highest BCUT2D eigenvalue weighted by Gasteiger charge is 2.38. The van der Waals surface area contributed by atoms with Crippen molar-refractivity contribution < 1.29 is 19.1 Å². The van der Waals surface area contributed by atoms with E-state index in [1.807, 2.05) is 48.9 Å². The van der Waals surface area contributed by atoms with Crippen LogP contribution in [-0.2, 0) is 4.79 Å². The Morgan fingerprint density at radius 3 is 2.47 bits per heavy atom. The zero-order chi connectivity index (χ0) is 27.1. The van der Waals surface area contributed by atoms with E-state index in [-0.39, 0.29) is 29.1 Å². The van der Waals surface area contributed by atoms with E-state index < -0.39 is 0 Å². The van der Waals surface area contributed by atoms with Gasteiger partial charge in [0.25, 0.3) is 11.8 Å². The molecule has 0 unspecified atom stereocenters. The van der Waals surface area contributed by atoms with Gasteiger partial charge in [0.2, 0.25) is 5.91 Å². The second kappa shape index (κ2) is 12.4. The number of fused-ring (bicyclic) bond motifs is 2. The van der Waals surface area contributed by atoms with Gasteiger partial charge in [0.15, 0.2) is 0 Å². The first kappa shape index (κ1) is 27.5. The summed E-state index contributed by atoms with van der Waals surface area (Å²) >= 11 is 0. The molecule has 0 N–H and O–H groups in total. The molecule has 204 valence electrons. The van der Waals surface area contributed by atoms with E-state index in [2.05, 4.69) is 9.97 Å². The Hall–Kier alpha value is -3.49. The van der Waals surface area contributed by atoms with Crippen LogP contribution in [0.15, 0.2) is 42.9 Å². The molecule has 2 aromatic rings. The van der Waals surface area contributed by atoms with Crippen molar-refractivity contribution in [3.05, 3.63) is 54.1 Å². The molecule has 2 aliphatic heterocycles. The molecule has 2 bridgehead atoms. The zero-order valence-electron chi connectivity index (χ0n) is 22.8. The smallest absolute Gasteiger partial charge is 0.274 e. The average Bonchev–Trinajstić information content (AvgIpc) is 2.94. The van der Waals surface area contributed by atoms with Crippen molar-refractivity contribution in [2.75, 3.05) is 46.4 Å². The van der Waals surface area contributed by atoms with Crippen LogP contribution in [0, 0.1) is 11.3 Å². The van der Waals surface area contributed by atoms with Crippen LogP contribution in [0.3, 0.4) is 0 Å². The normalized spacial score (nSPS) is 19.1. The van der Waals surface area contributed by atoms with Crippen LogP contribution in [0.25, 0.3) is 0 Å². The fourth-order valence-corrected chi connectivity index (χ4v) is 5.54. The van der Waals surface area contributed by atoms with Gasteiger partial charge in [-0.25, -0.2) is 4.98 Å². The summed E-state index contributed by atoms with van der Waals surface area (Å²) in [5.74, 6) is 0.615. The van der Waals surface area contributed by atoms with Crippen LogP contribution in [0.1, 0.15) is 66.8 Å². The molecule has 9 nitrogen and oxygen atoms in total. The molecule has 3 amide bonds. The van der Waals surface area contributed by atoms with Crippen molar-refractivity contribution in [3.63, 3.8) is 0 Å². The van der Waals surface area contributed by atoms with Crippen LogP contribution in [0.5, 0.6) is 5.75 Å². The topological polar surface area (TPSA) is 95.9 Å². The second-order valence-corrected chi connectivity index (χ2v) is 10.9. The van der Waals surface area contributed by atoms with Crippen molar-refractivity contribution in [3.8, 4) is 5.75 Å². The lowest BCUT2D eigenvalue weighted by atomic mass is 9.74. The zero-order valence-corrected chi connectivity index (χ0v) is 22.8. The van der Waals surface area contributed by atoms with Gasteiger partial charge in [-0.3, -0.25) is 19.4 Å². The molecule has 1 saturated heterocycles. The summed E-state index contributed by atoms with van der Waals surface area (Å²) in [7, 11) is 1.85. The van der Waals surface area contributed by atoms with Gasteiger partial charge in [-0.2, -0.15) is 0 Å². The van der Waals surface area contributed by atoms with Gasteiger partial charge < -0.3 is 19.4 Å². The highest BCUT2D eigenvalue weighted by atomic mass is 16.5. The molecule has 0 saturated carbocycles. The number of carbonyl (C=O) groups excluding carboxylic acids is 3. The third kappa shape index (κ3) is 6.68. The molecule has 3 heterocycles. The predicted octanol–water partition coefficient (Wildman–Crippen LogP) is 3.52. The number of ether oxygens (including phenoxy) is 1. The number of carbonyl (C=O) groups is 3. The lowest BCUT2D eigenvalue weighted by Gasteiger charge is -2.44. The maximum absolute atomic E-state index is 13.4. The Morgan fingerprint density at radius 1 is 1.00 bits per heavy atom. The summed E-state index contributed by atoms with van der Waals surface area (Å²) in [4.78, 5) is 53.2. The van der Waals surface area contributed by atoms with E-state index in [1.165, 1.54) is 12.4 Å². The summed E-state index contributed by atoms with van der Waals surface area (Å²) in [6, 6.07) is 7.30. The van der Waals surface area contributed by atoms with Gasteiger partial charge in [0, 0.05) is 63.6 Å². The Balaban J connectivity index is 1.57. The molecule has 1 aromatic carbocycles. The van der Waals surface area contributed by atoms with E-state index in [0.29, 0.717) is 62.8 Å². The second-order valence-electron chi connectivity index (χ2n) is 10.9. The maximum Gasteiger partial charge on any atom is 0.274 e. The number of hydrogen-bond donors (Lipinski definition) is 0. The van der Waals surface area contributed by atoms with Crippen LogP contribution in [0.4, 0.5) is 0 Å². The minimum absolute atomic E-state index is 0.0311. The number of hydrogen-bond acceptors (Lipinski definition) is 6. The SMILES string of the molecule is CC(C)C(=O)N1CCC2(CCCN(C(=O)c3cnccn3)CCCOc3cccc(c3)C(=O)N(C)C2)CC1. The van der Waals surface area contributed by atoms with E-state index in [4.69, 9.17) is 4.74 Å². The van der Waals surface area contributed by atoms with E-state index in [0.717, 1.165) is 25.7 Å². The predicted molar refractivity (Wildman–Crippen MR) is 144 cm³/mol. The third-order valence-corrected chi connectivity index (χ3v) is 7.68. The van der Waals surface area contributed by atoms with E-state index >= 15 is 0 Å². The lowest BCUT2D eigenvalue weighted by Crippen LogP contribution is -2.49. The molecule has 9 heteroatoms. The average molecular weight is 522 g/mol. The first-order valence-electron chi connectivity index (χ1n) is 13.6. The van der Waals surface area contributed by atoms with Crippen molar-refractivity contribution in [2.45, 2.75) is 46.0 Å². The van der Waals surface area contributed by atoms with Crippen molar-refractivity contribution in [1.82, 2.24) is 24.7 Å². The molecule has 1 aromatic heterocycles. The number of nitrogens with zero attached hydrogens (tertiary/aromatic N) is 5. The Morgan fingerprint density at radius 2 is 1.76 bits per heavy atom. The summed E-state index contributed by atoms with van der Waals surface area (Å²) in [5.41, 5.74) is 0.801. The Labute approximate surface area is 225 Å². The molecule has 38 heavy (non-hydrogen) atoms. The Kier molecular flexibility index (Phi) is 8.97. The molecule has 1 spiro atoms. The molecular formula is C29H39N5O4. The number of aromatic nitrogens is 2. The van der Waals surface area contributed by atoms with Crippen LogP contribution < -0.4 is 4.74 Å². The van der Waals surface area contributed by atoms with Gasteiger partial charge in [0.05, 0.1) is 12.8 Å². The van der Waals surface area contributed by atoms with E-state index in [9.17, 15) is 14.4 Å². The summed E-state index contributed by atoms with van der Waals surface area (Å²) < 4.78 is 5.93. The molecule has 0 radical (unpaired) electrons.